The number of rotatable bonds is 3. The Balaban J connectivity index is 3.04. The molecule has 0 saturated carbocycles. The third kappa shape index (κ3) is 2.47. The molecular formula is C11H17NS. The number of hydrogen-bond acceptors (Lipinski definition) is 2. The van der Waals surface area contributed by atoms with Crippen LogP contribution in [0.4, 0.5) is 0 Å². The van der Waals surface area contributed by atoms with Crippen molar-refractivity contribution < 1.29 is 0 Å². The van der Waals surface area contributed by atoms with Gasteiger partial charge in [-0.05, 0) is 30.7 Å². The van der Waals surface area contributed by atoms with Crippen LogP contribution in [0.15, 0.2) is 18.3 Å². The minimum Gasteiger partial charge on any atom is -0.261 e. The minimum atomic E-state index is 0.519. The van der Waals surface area contributed by atoms with Gasteiger partial charge >= 0.3 is 0 Å². The number of thioether (sulfide) groups is 1. The second-order valence-electron chi connectivity index (χ2n) is 3.51. The van der Waals surface area contributed by atoms with Crippen molar-refractivity contribution in [1.29, 1.82) is 0 Å². The van der Waals surface area contributed by atoms with Gasteiger partial charge in [0.05, 0.1) is 0 Å². The Morgan fingerprint density at radius 2 is 2.00 bits per heavy atom. The summed E-state index contributed by atoms with van der Waals surface area (Å²) in [6.45, 7) is 6.62. The van der Waals surface area contributed by atoms with E-state index in [1.54, 1.807) is 0 Å². The molecule has 0 aliphatic carbocycles. The van der Waals surface area contributed by atoms with Crippen molar-refractivity contribution >= 4 is 11.8 Å². The average molecular weight is 195 g/mol. The fourth-order valence-corrected chi connectivity index (χ4v) is 1.84. The van der Waals surface area contributed by atoms with E-state index in [4.69, 9.17) is 0 Å². The smallest absolute Gasteiger partial charge is 0.0472 e. The molecule has 0 aliphatic rings. The molecule has 0 aliphatic heterocycles. The van der Waals surface area contributed by atoms with Gasteiger partial charge < -0.3 is 0 Å². The maximum atomic E-state index is 4.43. The highest BCUT2D eigenvalue weighted by molar-refractivity contribution is 7.98. The topological polar surface area (TPSA) is 12.9 Å². The van der Waals surface area contributed by atoms with Crippen LogP contribution in [0.2, 0.25) is 0 Å². The molecule has 1 rings (SSSR count). The first-order chi connectivity index (χ1) is 6.16. The molecule has 72 valence electrons. The summed E-state index contributed by atoms with van der Waals surface area (Å²) < 4.78 is 0. The van der Waals surface area contributed by atoms with E-state index >= 15 is 0 Å². The lowest BCUT2D eigenvalue weighted by molar-refractivity contribution is 0.797. The average Bonchev–Trinajstić information content (AvgIpc) is 2.16. The lowest BCUT2D eigenvalue weighted by Gasteiger charge is -2.15. The van der Waals surface area contributed by atoms with Gasteiger partial charge in [-0.25, -0.2) is 0 Å². The molecule has 1 heterocycles. The standard InChI is InChI=1S/C11H17NS/c1-8(2)11-10(9(3)13-4)6-5-7-12-11/h5-9H,1-4H3. The van der Waals surface area contributed by atoms with Crippen LogP contribution < -0.4 is 0 Å². The predicted molar refractivity (Wildman–Crippen MR) is 60.3 cm³/mol. The second-order valence-corrected chi connectivity index (χ2v) is 4.69. The van der Waals surface area contributed by atoms with Crippen LogP contribution >= 0.6 is 11.8 Å². The summed E-state index contributed by atoms with van der Waals surface area (Å²) >= 11 is 1.87. The highest BCUT2D eigenvalue weighted by Crippen LogP contribution is 2.30. The molecule has 13 heavy (non-hydrogen) atoms. The molecule has 0 fully saturated rings. The third-order valence-corrected chi connectivity index (χ3v) is 3.17. The molecular weight excluding hydrogens is 178 g/mol. The normalized spacial score (nSPS) is 13.3. The van der Waals surface area contributed by atoms with E-state index in [0.717, 1.165) is 0 Å². The van der Waals surface area contributed by atoms with Gasteiger partial charge in [0.1, 0.15) is 0 Å². The Morgan fingerprint density at radius 3 is 2.54 bits per heavy atom. The minimum absolute atomic E-state index is 0.519. The Morgan fingerprint density at radius 1 is 1.31 bits per heavy atom. The van der Waals surface area contributed by atoms with E-state index in [2.05, 4.69) is 38.1 Å². The van der Waals surface area contributed by atoms with Crippen molar-refractivity contribution in [2.24, 2.45) is 0 Å². The summed E-state index contributed by atoms with van der Waals surface area (Å²) in [6, 6.07) is 4.21. The molecule has 1 atom stereocenters. The predicted octanol–water partition coefficient (Wildman–Crippen LogP) is 3.63. The molecule has 2 heteroatoms. The van der Waals surface area contributed by atoms with Gasteiger partial charge in [-0.3, -0.25) is 4.98 Å². The highest BCUT2D eigenvalue weighted by Gasteiger charge is 2.12. The van der Waals surface area contributed by atoms with E-state index in [1.807, 2.05) is 24.0 Å². The lowest BCUT2D eigenvalue weighted by Crippen LogP contribution is -2.00. The number of pyridine rings is 1. The summed E-state index contributed by atoms with van der Waals surface area (Å²) in [5.41, 5.74) is 2.62. The molecule has 0 amide bonds. The third-order valence-electron chi connectivity index (χ3n) is 2.21. The molecule has 1 unspecified atom stereocenters. The Hall–Kier alpha value is -0.500. The first kappa shape index (κ1) is 10.6. The number of aromatic nitrogens is 1. The van der Waals surface area contributed by atoms with Gasteiger partial charge in [0.2, 0.25) is 0 Å². The van der Waals surface area contributed by atoms with Gasteiger partial charge in [0, 0.05) is 17.1 Å². The van der Waals surface area contributed by atoms with Gasteiger partial charge in [-0.2, -0.15) is 11.8 Å². The van der Waals surface area contributed by atoms with Crippen LogP contribution in [0.5, 0.6) is 0 Å². The quantitative estimate of drug-likeness (QED) is 0.730. The summed E-state index contributed by atoms with van der Waals surface area (Å²) in [5, 5.41) is 0.547. The molecule has 0 spiro atoms. The van der Waals surface area contributed by atoms with Gasteiger partial charge in [-0.15, -0.1) is 0 Å². The fraction of sp³-hybridized carbons (Fsp3) is 0.545. The largest absolute Gasteiger partial charge is 0.261 e. The SMILES string of the molecule is CSC(C)c1cccnc1C(C)C. The van der Waals surface area contributed by atoms with Crippen molar-refractivity contribution in [3.8, 4) is 0 Å². The Bertz CT molecular complexity index is 271. The first-order valence-electron chi connectivity index (χ1n) is 4.64. The zero-order valence-corrected chi connectivity index (χ0v) is 9.56. The summed E-state index contributed by atoms with van der Waals surface area (Å²) in [5.74, 6) is 0.519. The zero-order chi connectivity index (χ0) is 9.84. The van der Waals surface area contributed by atoms with Crippen molar-refractivity contribution in [2.45, 2.75) is 31.9 Å². The maximum absolute atomic E-state index is 4.43. The van der Waals surface area contributed by atoms with Crippen LogP contribution in [-0.2, 0) is 0 Å². The van der Waals surface area contributed by atoms with Crippen LogP contribution in [0, 0.1) is 0 Å². The maximum Gasteiger partial charge on any atom is 0.0472 e. The van der Waals surface area contributed by atoms with Crippen molar-refractivity contribution in [2.75, 3.05) is 6.26 Å². The van der Waals surface area contributed by atoms with E-state index < -0.39 is 0 Å². The van der Waals surface area contributed by atoms with E-state index in [0.29, 0.717) is 11.2 Å². The van der Waals surface area contributed by atoms with E-state index in [9.17, 15) is 0 Å². The van der Waals surface area contributed by atoms with Crippen LogP contribution in [0.25, 0.3) is 0 Å². The molecule has 0 N–H and O–H groups in total. The van der Waals surface area contributed by atoms with Crippen molar-refractivity contribution in [1.82, 2.24) is 4.98 Å². The number of hydrogen-bond donors (Lipinski definition) is 0. The van der Waals surface area contributed by atoms with E-state index in [-0.39, 0.29) is 0 Å². The molecule has 0 radical (unpaired) electrons. The van der Waals surface area contributed by atoms with Crippen LogP contribution in [0.3, 0.4) is 0 Å². The Kier molecular flexibility index (Phi) is 3.79. The van der Waals surface area contributed by atoms with Gasteiger partial charge in [0.25, 0.3) is 0 Å². The molecule has 1 aromatic rings. The monoisotopic (exact) mass is 195 g/mol. The number of nitrogens with zero attached hydrogens (tertiary/aromatic N) is 1. The van der Waals surface area contributed by atoms with Gasteiger partial charge in [-0.1, -0.05) is 19.9 Å². The molecule has 1 aromatic heterocycles. The summed E-state index contributed by atoms with van der Waals surface area (Å²) in [7, 11) is 0. The highest BCUT2D eigenvalue weighted by atomic mass is 32.2. The van der Waals surface area contributed by atoms with Gasteiger partial charge in [0.15, 0.2) is 0 Å². The zero-order valence-electron chi connectivity index (χ0n) is 8.74. The summed E-state index contributed by atoms with van der Waals surface area (Å²) in [6.07, 6.45) is 4.02. The fourth-order valence-electron chi connectivity index (χ4n) is 1.38. The molecule has 0 saturated heterocycles. The summed E-state index contributed by atoms with van der Waals surface area (Å²) in [4.78, 5) is 4.43. The second kappa shape index (κ2) is 4.66. The first-order valence-corrected chi connectivity index (χ1v) is 5.93. The lowest BCUT2D eigenvalue weighted by atomic mass is 10.0. The van der Waals surface area contributed by atoms with Crippen LogP contribution in [-0.4, -0.2) is 11.2 Å². The van der Waals surface area contributed by atoms with Crippen LogP contribution in [0.1, 0.15) is 43.2 Å². The Labute approximate surface area is 85.0 Å². The van der Waals surface area contributed by atoms with E-state index in [1.165, 1.54) is 11.3 Å². The molecule has 0 aromatic carbocycles. The van der Waals surface area contributed by atoms with Crippen molar-refractivity contribution in [3.63, 3.8) is 0 Å². The molecule has 1 nitrogen and oxygen atoms in total. The molecule has 0 bridgehead atoms. The van der Waals surface area contributed by atoms with Crippen molar-refractivity contribution in [3.05, 3.63) is 29.6 Å².